The first-order chi connectivity index (χ1) is 8.87. The second-order valence-electron chi connectivity index (χ2n) is 5.66. The van der Waals surface area contributed by atoms with Crippen LogP contribution in [0.3, 0.4) is 0 Å². The molecule has 1 atom stereocenters. The third kappa shape index (κ3) is 2.37. The number of amides is 1. The molecule has 0 aliphatic carbocycles. The number of unbranched alkanes of at least 4 members (excludes halogenated alkanes) is 1. The quantitative estimate of drug-likeness (QED) is 0.877. The molecular formula is C15H20FNO2. The van der Waals surface area contributed by atoms with Gasteiger partial charge < -0.3 is 10.4 Å². The van der Waals surface area contributed by atoms with Crippen LogP contribution in [0.2, 0.25) is 0 Å². The van der Waals surface area contributed by atoms with Crippen molar-refractivity contribution in [1.29, 1.82) is 0 Å². The number of halogens is 1. The van der Waals surface area contributed by atoms with Crippen LogP contribution >= 0.6 is 0 Å². The fraction of sp³-hybridized carbons (Fsp3) is 0.533. The van der Waals surface area contributed by atoms with Gasteiger partial charge in [0.2, 0.25) is 5.91 Å². The molecule has 1 heterocycles. The van der Waals surface area contributed by atoms with Crippen LogP contribution in [0.15, 0.2) is 12.1 Å². The van der Waals surface area contributed by atoms with Gasteiger partial charge in [0.05, 0.1) is 17.2 Å². The summed E-state index contributed by atoms with van der Waals surface area (Å²) in [5.74, 6) is -0.677. The normalized spacial score (nSPS) is 18.1. The van der Waals surface area contributed by atoms with Crippen LogP contribution in [-0.2, 0) is 10.2 Å². The van der Waals surface area contributed by atoms with Gasteiger partial charge in [-0.15, -0.1) is 0 Å². The Labute approximate surface area is 112 Å². The number of carbonyl (C=O) groups excluding carboxylic acids is 1. The first-order valence-corrected chi connectivity index (χ1v) is 6.71. The van der Waals surface area contributed by atoms with Crippen LogP contribution < -0.4 is 5.32 Å². The van der Waals surface area contributed by atoms with E-state index in [1.165, 1.54) is 6.07 Å². The minimum Gasteiger partial charge on any atom is -0.388 e. The number of fused-ring (bicyclic) bond motifs is 1. The molecule has 1 aliphatic rings. The van der Waals surface area contributed by atoms with E-state index in [1.807, 2.05) is 6.92 Å². The Bertz CT molecular complexity index is 511. The predicted molar refractivity (Wildman–Crippen MR) is 72.5 cm³/mol. The largest absolute Gasteiger partial charge is 0.388 e. The number of hydrogen-bond donors (Lipinski definition) is 2. The Morgan fingerprint density at radius 1 is 1.42 bits per heavy atom. The van der Waals surface area contributed by atoms with E-state index in [1.54, 1.807) is 19.9 Å². The lowest BCUT2D eigenvalue weighted by molar-refractivity contribution is -0.119. The lowest BCUT2D eigenvalue weighted by Crippen LogP contribution is -2.26. The standard InChI is InChI=1S/C15H20FNO2/c1-4-5-6-12(18)9-7-10-13(11(16)8-9)17-14(19)15(10,2)3/h7-8,12,18H,4-6H2,1-3H3,(H,17,19). The molecule has 19 heavy (non-hydrogen) atoms. The van der Waals surface area contributed by atoms with E-state index >= 15 is 0 Å². The van der Waals surface area contributed by atoms with E-state index in [2.05, 4.69) is 5.32 Å². The molecule has 0 saturated carbocycles. The molecule has 1 amide bonds. The SMILES string of the molecule is CCCCC(O)c1cc(F)c2c(c1)C(C)(C)C(=O)N2. The Balaban J connectivity index is 2.39. The minimum atomic E-state index is -0.753. The Hall–Kier alpha value is -1.42. The highest BCUT2D eigenvalue weighted by atomic mass is 19.1. The van der Waals surface area contributed by atoms with Crippen LogP contribution in [0.5, 0.6) is 0 Å². The Morgan fingerprint density at radius 3 is 2.74 bits per heavy atom. The van der Waals surface area contributed by atoms with Gasteiger partial charge in [0, 0.05) is 0 Å². The topological polar surface area (TPSA) is 49.3 Å². The van der Waals surface area contributed by atoms with E-state index in [0.29, 0.717) is 17.5 Å². The number of carbonyl (C=O) groups is 1. The number of aliphatic hydroxyl groups is 1. The lowest BCUT2D eigenvalue weighted by Gasteiger charge is -2.18. The fourth-order valence-corrected chi connectivity index (χ4v) is 2.40. The molecule has 0 aromatic heterocycles. The number of nitrogens with one attached hydrogen (secondary N) is 1. The van der Waals surface area contributed by atoms with Crippen molar-refractivity contribution < 1.29 is 14.3 Å². The van der Waals surface area contributed by atoms with Crippen molar-refractivity contribution >= 4 is 11.6 Å². The maximum absolute atomic E-state index is 14.0. The van der Waals surface area contributed by atoms with Gasteiger partial charge in [-0.2, -0.15) is 0 Å². The summed E-state index contributed by atoms with van der Waals surface area (Å²) in [6.45, 7) is 5.56. The number of hydrogen-bond acceptors (Lipinski definition) is 2. The molecule has 0 saturated heterocycles. The minimum absolute atomic E-state index is 0.207. The van der Waals surface area contributed by atoms with Gasteiger partial charge in [-0.1, -0.05) is 19.8 Å². The number of rotatable bonds is 4. The van der Waals surface area contributed by atoms with Crippen molar-refractivity contribution in [2.75, 3.05) is 5.32 Å². The van der Waals surface area contributed by atoms with Crippen molar-refractivity contribution in [2.45, 2.75) is 51.6 Å². The first kappa shape index (κ1) is 14.0. The highest BCUT2D eigenvalue weighted by Gasteiger charge is 2.40. The second kappa shape index (κ2) is 4.93. The summed E-state index contributed by atoms with van der Waals surface area (Å²) in [6.07, 6.45) is 1.80. The van der Waals surface area contributed by atoms with Crippen LogP contribution in [0.1, 0.15) is 57.3 Å². The third-order valence-corrected chi connectivity index (χ3v) is 3.81. The summed E-state index contributed by atoms with van der Waals surface area (Å²) >= 11 is 0. The molecule has 0 bridgehead atoms. The molecule has 4 heteroatoms. The molecule has 2 rings (SSSR count). The average Bonchev–Trinajstić information content (AvgIpc) is 2.59. The maximum Gasteiger partial charge on any atom is 0.234 e. The molecule has 104 valence electrons. The van der Waals surface area contributed by atoms with Crippen molar-refractivity contribution in [3.63, 3.8) is 0 Å². The highest BCUT2D eigenvalue weighted by Crippen LogP contribution is 2.40. The molecule has 1 aromatic carbocycles. The average molecular weight is 265 g/mol. The zero-order chi connectivity index (χ0) is 14.2. The summed E-state index contributed by atoms with van der Waals surface area (Å²) in [5.41, 5.74) is 0.676. The zero-order valence-corrected chi connectivity index (χ0v) is 11.6. The van der Waals surface area contributed by atoms with Gasteiger partial charge in [0.1, 0.15) is 5.82 Å². The van der Waals surface area contributed by atoms with Gasteiger partial charge in [-0.3, -0.25) is 4.79 Å². The molecule has 1 aromatic rings. The van der Waals surface area contributed by atoms with Gasteiger partial charge >= 0.3 is 0 Å². The molecule has 1 unspecified atom stereocenters. The Kier molecular flexibility index (Phi) is 3.63. The van der Waals surface area contributed by atoms with Crippen molar-refractivity contribution in [3.05, 3.63) is 29.1 Å². The van der Waals surface area contributed by atoms with Gasteiger partial charge in [0.25, 0.3) is 0 Å². The predicted octanol–water partition coefficient (Wildman–Crippen LogP) is 3.28. The summed E-state index contributed by atoms with van der Waals surface area (Å²) in [5, 5.41) is 12.6. The lowest BCUT2D eigenvalue weighted by atomic mass is 9.84. The van der Waals surface area contributed by atoms with Crippen molar-refractivity contribution in [1.82, 2.24) is 0 Å². The van der Waals surface area contributed by atoms with E-state index in [-0.39, 0.29) is 11.6 Å². The fourth-order valence-electron chi connectivity index (χ4n) is 2.40. The molecule has 2 N–H and O–H groups in total. The molecule has 0 radical (unpaired) electrons. The van der Waals surface area contributed by atoms with E-state index < -0.39 is 17.3 Å². The molecule has 3 nitrogen and oxygen atoms in total. The van der Waals surface area contributed by atoms with E-state index in [9.17, 15) is 14.3 Å². The summed E-state index contributed by atoms with van der Waals surface area (Å²) in [6, 6.07) is 3.07. The van der Waals surface area contributed by atoms with E-state index in [0.717, 1.165) is 12.8 Å². The molecule has 1 aliphatic heterocycles. The monoisotopic (exact) mass is 265 g/mol. The second-order valence-corrected chi connectivity index (χ2v) is 5.66. The molecular weight excluding hydrogens is 245 g/mol. The van der Waals surface area contributed by atoms with Crippen LogP contribution in [0.25, 0.3) is 0 Å². The third-order valence-electron chi connectivity index (χ3n) is 3.81. The smallest absolute Gasteiger partial charge is 0.234 e. The molecule has 0 spiro atoms. The van der Waals surface area contributed by atoms with Crippen LogP contribution in [0, 0.1) is 5.82 Å². The number of aliphatic hydroxyl groups excluding tert-OH is 1. The van der Waals surface area contributed by atoms with Crippen molar-refractivity contribution in [3.8, 4) is 0 Å². The molecule has 0 fully saturated rings. The zero-order valence-electron chi connectivity index (χ0n) is 11.6. The van der Waals surface area contributed by atoms with Gasteiger partial charge in [0.15, 0.2) is 0 Å². The summed E-state index contributed by atoms with van der Waals surface area (Å²) in [7, 11) is 0. The number of anilines is 1. The van der Waals surface area contributed by atoms with Crippen LogP contribution in [0.4, 0.5) is 10.1 Å². The van der Waals surface area contributed by atoms with Crippen LogP contribution in [-0.4, -0.2) is 11.0 Å². The van der Waals surface area contributed by atoms with Gasteiger partial charge in [-0.05, 0) is 43.5 Å². The summed E-state index contributed by atoms with van der Waals surface area (Å²) < 4.78 is 14.0. The van der Waals surface area contributed by atoms with Crippen molar-refractivity contribution in [2.24, 2.45) is 0 Å². The summed E-state index contributed by atoms with van der Waals surface area (Å²) in [4.78, 5) is 11.8. The Morgan fingerprint density at radius 2 is 2.11 bits per heavy atom. The first-order valence-electron chi connectivity index (χ1n) is 6.71. The maximum atomic E-state index is 14.0. The van der Waals surface area contributed by atoms with Gasteiger partial charge in [-0.25, -0.2) is 4.39 Å². The highest BCUT2D eigenvalue weighted by molar-refractivity contribution is 6.05. The van der Waals surface area contributed by atoms with E-state index in [4.69, 9.17) is 0 Å². The number of benzene rings is 1.